The van der Waals surface area contributed by atoms with Gasteiger partial charge < -0.3 is 25.2 Å². The average Bonchev–Trinajstić information content (AvgIpc) is 2.39. The fourth-order valence-corrected chi connectivity index (χ4v) is 1.80. The Kier molecular flexibility index (Phi) is 8.08. The van der Waals surface area contributed by atoms with Crippen LogP contribution >= 0.6 is 0 Å². The van der Waals surface area contributed by atoms with Gasteiger partial charge in [-0.3, -0.25) is 0 Å². The van der Waals surface area contributed by atoms with Crippen LogP contribution in [-0.2, 0) is 4.74 Å². The molecule has 0 fully saturated rings. The van der Waals surface area contributed by atoms with Crippen LogP contribution in [0.4, 0.5) is 0 Å². The predicted molar refractivity (Wildman–Crippen MR) is 73.7 cm³/mol. The molecule has 0 aromatic rings. The number of hydrogen-bond acceptors (Lipinski definition) is 5. The van der Waals surface area contributed by atoms with E-state index in [0.717, 1.165) is 0 Å². The molecule has 0 atom stereocenters. The summed E-state index contributed by atoms with van der Waals surface area (Å²) in [5.74, 6) is 0.137. The lowest BCUT2D eigenvalue weighted by molar-refractivity contribution is -0.103. The molecule has 0 saturated carbocycles. The van der Waals surface area contributed by atoms with E-state index in [1.54, 1.807) is 0 Å². The molecule has 0 aliphatic heterocycles. The highest BCUT2D eigenvalue weighted by Crippen LogP contribution is 2.30. The molecule has 5 nitrogen and oxygen atoms in total. The fourth-order valence-electron chi connectivity index (χ4n) is 1.80. The van der Waals surface area contributed by atoms with Crippen molar-refractivity contribution in [1.82, 2.24) is 0 Å². The maximum absolute atomic E-state index is 9.46. The van der Waals surface area contributed by atoms with E-state index in [-0.39, 0.29) is 51.5 Å². The minimum atomic E-state index is -0.687. The Balaban J connectivity index is 4.63. The largest absolute Gasteiger partial charge is 0.396 e. The number of aliphatic hydroxyl groups is 4. The van der Waals surface area contributed by atoms with Crippen LogP contribution in [0.15, 0.2) is 0 Å². The van der Waals surface area contributed by atoms with Crippen molar-refractivity contribution < 1.29 is 25.2 Å². The summed E-state index contributed by atoms with van der Waals surface area (Å²) in [5.41, 5.74) is -1.37. The Hall–Kier alpha value is -0.200. The molecule has 0 amide bonds. The lowest BCUT2D eigenvalue weighted by Gasteiger charge is -2.37. The zero-order valence-electron chi connectivity index (χ0n) is 12.6. The molecule has 0 rings (SSSR count). The molecule has 0 aliphatic carbocycles. The van der Waals surface area contributed by atoms with Gasteiger partial charge in [0.25, 0.3) is 0 Å². The lowest BCUT2D eigenvalue weighted by Crippen LogP contribution is -2.44. The van der Waals surface area contributed by atoms with Crippen LogP contribution in [0.2, 0.25) is 0 Å². The van der Waals surface area contributed by atoms with Crippen LogP contribution in [0, 0.1) is 22.7 Å². The van der Waals surface area contributed by atoms with Crippen LogP contribution in [0.3, 0.4) is 0 Å². The van der Waals surface area contributed by atoms with Crippen LogP contribution < -0.4 is 0 Å². The molecule has 4 N–H and O–H groups in total. The molecule has 0 bridgehead atoms. The van der Waals surface area contributed by atoms with Gasteiger partial charge in [-0.2, -0.15) is 0 Å². The van der Waals surface area contributed by atoms with E-state index in [9.17, 15) is 20.4 Å². The summed E-state index contributed by atoms with van der Waals surface area (Å²) in [6.45, 7) is 7.45. The Morgan fingerprint density at radius 1 is 0.684 bits per heavy atom. The molecule has 0 heterocycles. The van der Waals surface area contributed by atoms with E-state index in [0.29, 0.717) is 0 Å². The van der Waals surface area contributed by atoms with E-state index in [4.69, 9.17) is 4.74 Å². The standard InChI is InChI=1S/C14H30O5/c1-11(2)13(5-15,6-16)9-19-10-14(7-17,8-18)12(3)4/h11-12,15-18H,5-10H2,1-4H3. The molecule has 19 heavy (non-hydrogen) atoms. The van der Waals surface area contributed by atoms with Gasteiger partial charge in [0.1, 0.15) is 0 Å². The van der Waals surface area contributed by atoms with Gasteiger partial charge in [-0.1, -0.05) is 27.7 Å². The second-order valence-electron chi connectivity index (χ2n) is 6.16. The van der Waals surface area contributed by atoms with Crippen molar-refractivity contribution in [1.29, 1.82) is 0 Å². The van der Waals surface area contributed by atoms with E-state index in [2.05, 4.69) is 0 Å². The zero-order chi connectivity index (χ0) is 15.1. The summed E-state index contributed by atoms with van der Waals surface area (Å²) in [6, 6.07) is 0. The third-order valence-corrected chi connectivity index (χ3v) is 4.49. The first kappa shape index (κ1) is 18.8. The molecular formula is C14H30O5. The highest BCUT2D eigenvalue weighted by atomic mass is 16.5. The van der Waals surface area contributed by atoms with E-state index >= 15 is 0 Å². The van der Waals surface area contributed by atoms with Gasteiger partial charge in [0, 0.05) is 10.8 Å². The summed E-state index contributed by atoms with van der Waals surface area (Å²) in [6.07, 6.45) is 0. The van der Waals surface area contributed by atoms with Crippen LogP contribution in [0.5, 0.6) is 0 Å². The second kappa shape index (κ2) is 8.17. The molecule has 0 radical (unpaired) electrons. The summed E-state index contributed by atoms with van der Waals surface area (Å²) < 4.78 is 5.61. The van der Waals surface area contributed by atoms with Gasteiger partial charge >= 0.3 is 0 Å². The Labute approximate surface area is 116 Å². The zero-order valence-corrected chi connectivity index (χ0v) is 12.6. The average molecular weight is 278 g/mol. The molecule has 0 saturated heterocycles. The molecule has 0 aromatic heterocycles. The number of rotatable bonds is 10. The fraction of sp³-hybridized carbons (Fsp3) is 1.00. The van der Waals surface area contributed by atoms with Gasteiger partial charge in [0.05, 0.1) is 39.6 Å². The molecule has 0 aromatic carbocycles. The second-order valence-corrected chi connectivity index (χ2v) is 6.16. The molecular weight excluding hydrogens is 248 g/mol. The van der Waals surface area contributed by atoms with Gasteiger partial charge in [-0.15, -0.1) is 0 Å². The van der Waals surface area contributed by atoms with E-state index in [1.807, 2.05) is 27.7 Å². The first-order valence-electron chi connectivity index (χ1n) is 6.85. The number of hydrogen-bond donors (Lipinski definition) is 4. The summed E-state index contributed by atoms with van der Waals surface area (Å²) in [7, 11) is 0. The van der Waals surface area contributed by atoms with E-state index < -0.39 is 10.8 Å². The SMILES string of the molecule is CC(C)C(CO)(CO)COCC(CO)(CO)C(C)C. The van der Waals surface area contributed by atoms with Crippen molar-refractivity contribution in [2.75, 3.05) is 39.6 Å². The molecule has 0 aliphatic rings. The summed E-state index contributed by atoms with van der Waals surface area (Å²) in [4.78, 5) is 0. The van der Waals surface area contributed by atoms with Crippen LogP contribution in [0.1, 0.15) is 27.7 Å². The van der Waals surface area contributed by atoms with Crippen molar-refractivity contribution in [2.24, 2.45) is 22.7 Å². The van der Waals surface area contributed by atoms with Crippen molar-refractivity contribution in [3.8, 4) is 0 Å². The number of aliphatic hydroxyl groups excluding tert-OH is 4. The minimum Gasteiger partial charge on any atom is -0.396 e. The van der Waals surface area contributed by atoms with Gasteiger partial charge in [-0.25, -0.2) is 0 Å². The van der Waals surface area contributed by atoms with Gasteiger partial charge in [0.15, 0.2) is 0 Å². The third-order valence-electron chi connectivity index (χ3n) is 4.49. The highest BCUT2D eigenvalue weighted by Gasteiger charge is 2.37. The van der Waals surface area contributed by atoms with Crippen molar-refractivity contribution in [3.63, 3.8) is 0 Å². The Morgan fingerprint density at radius 2 is 0.947 bits per heavy atom. The highest BCUT2D eigenvalue weighted by molar-refractivity contribution is 4.84. The lowest BCUT2D eigenvalue weighted by atomic mass is 9.78. The predicted octanol–water partition coefficient (Wildman–Crippen LogP) is 0.257. The number of ether oxygens (including phenoxy) is 1. The third kappa shape index (κ3) is 4.39. The van der Waals surface area contributed by atoms with Gasteiger partial charge in [-0.05, 0) is 11.8 Å². The first-order valence-corrected chi connectivity index (χ1v) is 6.85. The van der Waals surface area contributed by atoms with Crippen LogP contribution in [-0.4, -0.2) is 60.1 Å². The van der Waals surface area contributed by atoms with E-state index in [1.165, 1.54) is 0 Å². The van der Waals surface area contributed by atoms with Crippen LogP contribution in [0.25, 0.3) is 0 Å². The first-order chi connectivity index (χ1) is 8.84. The maximum Gasteiger partial charge on any atom is 0.0569 e. The molecule has 0 unspecified atom stereocenters. The minimum absolute atomic E-state index is 0.0687. The molecule has 116 valence electrons. The monoisotopic (exact) mass is 278 g/mol. The van der Waals surface area contributed by atoms with Crippen molar-refractivity contribution >= 4 is 0 Å². The normalized spacial score (nSPS) is 13.6. The summed E-state index contributed by atoms with van der Waals surface area (Å²) >= 11 is 0. The molecule has 5 heteroatoms. The smallest absolute Gasteiger partial charge is 0.0569 e. The molecule has 0 spiro atoms. The quantitative estimate of drug-likeness (QED) is 0.460. The van der Waals surface area contributed by atoms with Crippen molar-refractivity contribution in [2.45, 2.75) is 27.7 Å². The maximum atomic E-state index is 9.46. The summed E-state index contributed by atoms with van der Waals surface area (Å²) in [5, 5.41) is 37.8. The van der Waals surface area contributed by atoms with Gasteiger partial charge in [0.2, 0.25) is 0 Å². The Morgan fingerprint density at radius 3 is 1.11 bits per heavy atom. The topological polar surface area (TPSA) is 90.2 Å². The van der Waals surface area contributed by atoms with Crippen molar-refractivity contribution in [3.05, 3.63) is 0 Å². The Bertz CT molecular complexity index is 208.